The minimum Gasteiger partial charge on any atom is -0.702 e. The van der Waals surface area contributed by atoms with Crippen LogP contribution in [0.15, 0.2) is 0 Å². The van der Waals surface area contributed by atoms with Gasteiger partial charge < -0.3 is 22.4 Å². The number of carbonyl (C=O) groups excluding carboxylic acids is 1. The zero-order valence-electron chi connectivity index (χ0n) is 6.67. The van der Waals surface area contributed by atoms with Crippen LogP contribution in [0.25, 0.3) is 0 Å². The second-order valence-electron chi connectivity index (χ2n) is 2.90. The molecular formula is C7H13N2OS-. The van der Waals surface area contributed by atoms with E-state index in [4.69, 9.17) is 12.8 Å². The van der Waals surface area contributed by atoms with Crippen molar-refractivity contribution >= 4 is 18.7 Å². The molecule has 0 saturated carbocycles. The molecule has 0 aliphatic carbocycles. The van der Waals surface area contributed by atoms with Gasteiger partial charge in [0.15, 0.2) is 0 Å². The van der Waals surface area contributed by atoms with E-state index in [-0.39, 0.29) is 5.91 Å². The minimum atomic E-state index is 0.0628. The van der Waals surface area contributed by atoms with Crippen molar-refractivity contribution in [3.8, 4) is 0 Å². The van der Waals surface area contributed by atoms with Crippen molar-refractivity contribution < 1.29 is 4.79 Å². The van der Waals surface area contributed by atoms with E-state index in [1.54, 1.807) is 6.92 Å². The highest BCUT2D eigenvalue weighted by Crippen LogP contribution is 2.07. The van der Waals surface area contributed by atoms with E-state index < -0.39 is 0 Å². The Bertz CT molecular complexity index is 143. The lowest BCUT2D eigenvalue weighted by atomic mass is 10.1. The maximum Gasteiger partial charge on any atom is 0.217 e. The van der Waals surface area contributed by atoms with E-state index in [1.807, 2.05) is 4.31 Å². The number of carbonyl (C=O) groups is 1. The predicted molar refractivity (Wildman–Crippen MR) is 45.8 cm³/mol. The molecule has 4 heteroatoms. The Balaban J connectivity index is 2.22. The average molecular weight is 173 g/mol. The van der Waals surface area contributed by atoms with E-state index in [0.717, 1.165) is 25.9 Å². The molecule has 3 nitrogen and oxygen atoms in total. The minimum absolute atomic E-state index is 0.0628. The third-order valence-corrected chi connectivity index (χ3v) is 2.23. The Kier molecular flexibility index (Phi) is 3.20. The van der Waals surface area contributed by atoms with Crippen molar-refractivity contribution in [1.82, 2.24) is 9.62 Å². The first-order valence-corrected chi connectivity index (χ1v) is 4.24. The molecule has 0 spiro atoms. The molecule has 1 heterocycles. The second kappa shape index (κ2) is 3.97. The first-order valence-electron chi connectivity index (χ1n) is 3.87. The number of amides is 1. The molecule has 0 aromatic rings. The van der Waals surface area contributed by atoms with Gasteiger partial charge in [-0.25, -0.2) is 0 Å². The van der Waals surface area contributed by atoms with Crippen LogP contribution < -0.4 is 5.32 Å². The molecule has 1 saturated heterocycles. The van der Waals surface area contributed by atoms with Crippen LogP contribution >= 0.6 is 0 Å². The third kappa shape index (κ3) is 3.12. The summed E-state index contributed by atoms with van der Waals surface area (Å²) in [5.74, 6) is 0.0628. The van der Waals surface area contributed by atoms with Crippen LogP contribution in [0.5, 0.6) is 0 Å². The van der Waals surface area contributed by atoms with Gasteiger partial charge in [-0.15, -0.1) is 0 Å². The molecule has 1 rings (SSSR count). The Morgan fingerprint density at radius 3 is 2.55 bits per heavy atom. The van der Waals surface area contributed by atoms with Crippen LogP contribution in [0.1, 0.15) is 19.8 Å². The van der Waals surface area contributed by atoms with Crippen LogP contribution in [0.4, 0.5) is 0 Å². The Labute approximate surface area is 72.7 Å². The van der Waals surface area contributed by atoms with Gasteiger partial charge in [-0.05, 0) is 25.9 Å². The highest BCUT2D eigenvalue weighted by molar-refractivity contribution is 7.55. The molecule has 0 atom stereocenters. The highest BCUT2D eigenvalue weighted by atomic mass is 32.1. The molecule has 64 valence electrons. The van der Waals surface area contributed by atoms with E-state index in [2.05, 4.69) is 5.32 Å². The topological polar surface area (TPSA) is 32.3 Å². The second-order valence-corrected chi connectivity index (χ2v) is 3.42. The smallest absolute Gasteiger partial charge is 0.217 e. The van der Waals surface area contributed by atoms with Crippen molar-refractivity contribution in [1.29, 1.82) is 0 Å². The van der Waals surface area contributed by atoms with Crippen LogP contribution in [0.3, 0.4) is 0 Å². The van der Waals surface area contributed by atoms with Crippen LogP contribution in [-0.4, -0.2) is 29.3 Å². The number of nitrogens with zero attached hydrogens (tertiary/aromatic N) is 1. The summed E-state index contributed by atoms with van der Waals surface area (Å²) in [6.45, 7) is 3.39. The molecule has 0 bridgehead atoms. The van der Waals surface area contributed by atoms with Crippen LogP contribution in [-0.2, 0) is 17.6 Å². The molecule has 0 aromatic heterocycles. The van der Waals surface area contributed by atoms with Gasteiger partial charge in [0.2, 0.25) is 5.91 Å². The highest BCUT2D eigenvalue weighted by Gasteiger charge is 2.13. The van der Waals surface area contributed by atoms with Gasteiger partial charge >= 0.3 is 0 Å². The molecule has 1 aliphatic rings. The van der Waals surface area contributed by atoms with E-state index >= 15 is 0 Å². The van der Waals surface area contributed by atoms with E-state index in [9.17, 15) is 4.79 Å². The lowest BCUT2D eigenvalue weighted by Gasteiger charge is -2.37. The van der Waals surface area contributed by atoms with Gasteiger partial charge in [0.05, 0.1) is 0 Å². The van der Waals surface area contributed by atoms with E-state index in [1.165, 1.54) is 0 Å². The number of hydrogen-bond donors (Lipinski definition) is 1. The number of hydrogen-bond acceptors (Lipinski definition) is 3. The van der Waals surface area contributed by atoms with Crippen molar-refractivity contribution in [3.05, 3.63) is 0 Å². The monoisotopic (exact) mass is 173 g/mol. The molecule has 0 unspecified atom stereocenters. The van der Waals surface area contributed by atoms with Crippen LogP contribution in [0.2, 0.25) is 0 Å². The summed E-state index contributed by atoms with van der Waals surface area (Å²) in [7, 11) is 0. The average Bonchev–Trinajstić information content (AvgIpc) is 1.93. The number of rotatable bonds is 1. The summed E-state index contributed by atoms with van der Waals surface area (Å²) in [4.78, 5) is 10.6. The molecular weight excluding hydrogens is 160 g/mol. The molecule has 1 fully saturated rings. The van der Waals surface area contributed by atoms with Crippen molar-refractivity contribution in [2.24, 2.45) is 0 Å². The summed E-state index contributed by atoms with van der Waals surface area (Å²) >= 11 is 4.98. The fourth-order valence-corrected chi connectivity index (χ4v) is 1.50. The summed E-state index contributed by atoms with van der Waals surface area (Å²) < 4.78 is 1.87. The Morgan fingerprint density at radius 2 is 2.09 bits per heavy atom. The van der Waals surface area contributed by atoms with Gasteiger partial charge in [0.1, 0.15) is 0 Å². The van der Waals surface area contributed by atoms with Gasteiger partial charge in [-0.3, -0.25) is 4.79 Å². The molecule has 0 radical (unpaired) electrons. The van der Waals surface area contributed by atoms with Gasteiger partial charge in [0.25, 0.3) is 0 Å². The fraction of sp³-hybridized carbons (Fsp3) is 0.857. The number of nitrogens with one attached hydrogen (secondary N) is 1. The molecule has 1 aliphatic heterocycles. The summed E-state index contributed by atoms with van der Waals surface area (Å²) in [5, 5.41) is 2.89. The quantitative estimate of drug-likeness (QED) is 0.569. The first-order chi connectivity index (χ1) is 5.18. The summed E-state index contributed by atoms with van der Waals surface area (Å²) in [6.07, 6.45) is 1.98. The first kappa shape index (κ1) is 8.87. The molecule has 1 amide bonds. The van der Waals surface area contributed by atoms with Crippen molar-refractivity contribution in [3.63, 3.8) is 0 Å². The maximum absolute atomic E-state index is 10.6. The maximum atomic E-state index is 10.6. The number of piperidine rings is 1. The van der Waals surface area contributed by atoms with Gasteiger partial charge in [-0.2, -0.15) is 0 Å². The molecule has 0 aromatic carbocycles. The predicted octanol–water partition coefficient (Wildman–Crippen LogP) is 0.0488. The molecule has 11 heavy (non-hydrogen) atoms. The van der Waals surface area contributed by atoms with Crippen molar-refractivity contribution in [2.45, 2.75) is 25.8 Å². The zero-order chi connectivity index (χ0) is 8.27. The van der Waals surface area contributed by atoms with Gasteiger partial charge in [0, 0.05) is 13.0 Å². The fourth-order valence-electron chi connectivity index (χ4n) is 1.29. The van der Waals surface area contributed by atoms with Crippen molar-refractivity contribution in [2.75, 3.05) is 13.1 Å². The Morgan fingerprint density at radius 1 is 1.55 bits per heavy atom. The normalized spacial score (nSPS) is 21.6. The largest absolute Gasteiger partial charge is 0.702 e. The third-order valence-electron chi connectivity index (χ3n) is 1.86. The molecule has 1 N–H and O–H groups in total. The lowest BCUT2D eigenvalue weighted by molar-refractivity contribution is -0.119. The SMILES string of the molecule is CC(=O)NC1CCN([S-])CC1. The lowest BCUT2D eigenvalue weighted by Crippen LogP contribution is -2.42. The van der Waals surface area contributed by atoms with Gasteiger partial charge in [-0.1, -0.05) is 0 Å². The zero-order valence-corrected chi connectivity index (χ0v) is 7.49. The van der Waals surface area contributed by atoms with Crippen LogP contribution in [0, 0.1) is 0 Å². The summed E-state index contributed by atoms with van der Waals surface area (Å²) in [6, 6.07) is 0.353. The summed E-state index contributed by atoms with van der Waals surface area (Å²) in [5.41, 5.74) is 0. The standard InChI is InChI=1S/C7H13N2OS/c1-6(10)8-7-2-4-9(11)5-3-7/h7H,2-5H2,1H3,(H,8,10)/q-1. The Hall–Kier alpha value is -0.220. The van der Waals surface area contributed by atoms with E-state index in [0.29, 0.717) is 6.04 Å².